The van der Waals surface area contributed by atoms with Gasteiger partial charge in [0.2, 0.25) is 0 Å². The molecule has 0 unspecified atom stereocenters. The van der Waals surface area contributed by atoms with Crippen molar-refractivity contribution in [3.63, 3.8) is 0 Å². The van der Waals surface area contributed by atoms with Gasteiger partial charge in [-0.05, 0) is 63.2 Å². The Bertz CT molecular complexity index is 1060. The first-order valence-corrected chi connectivity index (χ1v) is 12.3. The summed E-state index contributed by atoms with van der Waals surface area (Å²) in [5.41, 5.74) is 0.308. The number of benzene rings is 2. The second kappa shape index (κ2) is 9.36. The lowest BCUT2D eigenvalue weighted by Gasteiger charge is -2.33. The van der Waals surface area contributed by atoms with Gasteiger partial charge in [-0.2, -0.15) is 0 Å². The summed E-state index contributed by atoms with van der Waals surface area (Å²) in [6.07, 6.45) is 2.14. The van der Waals surface area contributed by atoms with Gasteiger partial charge in [-0.1, -0.05) is 0 Å². The maximum Gasteiger partial charge on any atom is 0.410 e. The summed E-state index contributed by atoms with van der Waals surface area (Å²) >= 11 is 0. The maximum atomic E-state index is 14.2. The number of sulfone groups is 1. The van der Waals surface area contributed by atoms with Crippen LogP contribution in [0.15, 0.2) is 47.4 Å². The van der Waals surface area contributed by atoms with E-state index in [9.17, 15) is 17.6 Å². The van der Waals surface area contributed by atoms with Crippen molar-refractivity contribution >= 4 is 27.3 Å². The van der Waals surface area contributed by atoms with E-state index in [1.807, 2.05) is 20.8 Å². The molecule has 0 aliphatic carbocycles. The van der Waals surface area contributed by atoms with E-state index in [-0.39, 0.29) is 22.8 Å². The van der Waals surface area contributed by atoms with Crippen molar-refractivity contribution in [1.82, 2.24) is 4.90 Å². The highest BCUT2D eigenvalue weighted by atomic mass is 32.2. The minimum absolute atomic E-state index is 0.00604. The van der Waals surface area contributed by atoms with E-state index < -0.39 is 21.3 Å². The van der Waals surface area contributed by atoms with Crippen molar-refractivity contribution in [3.05, 3.63) is 48.3 Å². The Labute approximate surface area is 188 Å². The first-order chi connectivity index (χ1) is 14.9. The molecule has 3 rings (SSSR count). The molecule has 0 atom stereocenters. The van der Waals surface area contributed by atoms with E-state index >= 15 is 0 Å². The summed E-state index contributed by atoms with van der Waals surface area (Å²) in [6, 6.07) is 10.8. The number of halogens is 1. The molecule has 0 radical (unpaired) electrons. The Hall–Kier alpha value is -2.81. The number of rotatable bonds is 5. The van der Waals surface area contributed by atoms with E-state index in [0.29, 0.717) is 37.4 Å². The predicted molar refractivity (Wildman–Crippen MR) is 121 cm³/mol. The highest BCUT2D eigenvalue weighted by Crippen LogP contribution is 2.26. The minimum atomic E-state index is -3.46. The highest BCUT2D eigenvalue weighted by Gasteiger charge is 2.27. The average molecular weight is 465 g/mol. The largest absolute Gasteiger partial charge is 0.490 e. The first-order valence-electron chi connectivity index (χ1n) is 10.4. The van der Waals surface area contributed by atoms with Gasteiger partial charge < -0.3 is 19.7 Å². The van der Waals surface area contributed by atoms with Crippen LogP contribution in [-0.4, -0.2) is 50.5 Å². The molecule has 2 aromatic carbocycles. The van der Waals surface area contributed by atoms with Gasteiger partial charge in [0.25, 0.3) is 0 Å². The number of piperidine rings is 1. The molecule has 1 heterocycles. The summed E-state index contributed by atoms with van der Waals surface area (Å²) in [6.45, 7) is 6.68. The molecule has 0 spiro atoms. The van der Waals surface area contributed by atoms with E-state index in [2.05, 4.69) is 5.32 Å². The zero-order valence-corrected chi connectivity index (χ0v) is 19.5. The van der Waals surface area contributed by atoms with Gasteiger partial charge in [-0.25, -0.2) is 17.6 Å². The Kier molecular flexibility index (Phi) is 6.97. The summed E-state index contributed by atoms with van der Waals surface area (Å²) in [7, 11) is -3.46. The Morgan fingerprint density at radius 2 is 1.72 bits per heavy atom. The van der Waals surface area contributed by atoms with Crippen LogP contribution in [0.4, 0.5) is 20.6 Å². The molecule has 1 amide bonds. The van der Waals surface area contributed by atoms with Crippen molar-refractivity contribution in [1.29, 1.82) is 0 Å². The summed E-state index contributed by atoms with van der Waals surface area (Å²) in [5, 5.41) is 2.94. The van der Waals surface area contributed by atoms with E-state index in [4.69, 9.17) is 9.47 Å². The van der Waals surface area contributed by atoms with Crippen LogP contribution >= 0.6 is 0 Å². The fraction of sp³-hybridized carbons (Fsp3) is 0.435. The lowest BCUT2D eigenvalue weighted by atomic mass is 10.1. The number of ether oxygens (including phenoxy) is 2. The number of carbonyl (C=O) groups is 1. The fourth-order valence-electron chi connectivity index (χ4n) is 3.28. The van der Waals surface area contributed by atoms with Crippen molar-refractivity contribution in [2.75, 3.05) is 24.7 Å². The molecule has 32 heavy (non-hydrogen) atoms. The van der Waals surface area contributed by atoms with Crippen molar-refractivity contribution in [2.45, 2.75) is 50.2 Å². The number of anilines is 2. The molecule has 1 saturated heterocycles. The third-order valence-corrected chi connectivity index (χ3v) is 6.01. The van der Waals surface area contributed by atoms with Crippen LogP contribution in [0.2, 0.25) is 0 Å². The van der Waals surface area contributed by atoms with Crippen LogP contribution < -0.4 is 10.1 Å². The highest BCUT2D eigenvalue weighted by molar-refractivity contribution is 7.90. The predicted octanol–water partition coefficient (Wildman–Crippen LogP) is 4.75. The Morgan fingerprint density at radius 3 is 2.25 bits per heavy atom. The third-order valence-electron chi connectivity index (χ3n) is 4.90. The number of nitrogens with zero attached hydrogens (tertiary/aromatic N) is 1. The molecule has 0 bridgehead atoms. The molecule has 1 N–H and O–H groups in total. The number of amides is 1. The summed E-state index contributed by atoms with van der Waals surface area (Å²) in [4.78, 5) is 13.8. The molecule has 0 saturated carbocycles. The zero-order chi connectivity index (χ0) is 23.5. The van der Waals surface area contributed by atoms with Crippen LogP contribution in [0.3, 0.4) is 0 Å². The second-order valence-electron chi connectivity index (χ2n) is 8.85. The molecular weight excluding hydrogens is 435 g/mol. The molecule has 174 valence electrons. The summed E-state index contributed by atoms with van der Waals surface area (Å²) in [5.74, 6) is 0.0316. The van der Waals surface area contributed by atoms with Gasteiger partial charge >= 0.3 is 6.09 Å². The topological polar surface area (TPSA) is 84.9 Å². The summed E-state index contributed by atoms with van der Waals surface area (Å²) < 4.78 is 48.7. The van der Waals surface area contributed by atoms with E-state index in [1.54, 1.807) is 29.2 Å². The SMILES string of the molecule is CC(C)(C)OC(=O)N1CCC(Oc2ccc(Nc3ccc(S(C)(=O)=O)cc3F)cc2)CC1. The van der Waals surface area contributed by atoms with Gasteiger partial charge in [0.05, 0.1) is 10.6 Å². The number of carbonyl (C=O) groups excluding carboxylic acids is 1. The van der Waals surface area contributed by atoms with Crippen LogP contribution in [0.1, 0.15) is 33.6 Å². The van der Waals surface area contributed by atoms with Gasteiger partial charge in [0.15, 0.2) is 9.84 Å². The molecule has 9 heteroatoms. The quantitative estimate of drug-likeness (QED) is 0.687. The molecule has 2 aromatic rings. The van der Waals surface area contributed by atoms with Crippen LogP contribution in [0.5, 0.6) is 5.75 Å². The standard InChI is InChI=1S/C23H29FN2O5S/c1-23(2,3)31-22(27)26-13-11-18(12-14-26)30-17-7-5-16(6-8-17)25-21-10-9-19(15-20(21)24)32(4,28)29/h5-10,15,18,25H,11-14H2,1-4H3. The molecule has 0 aromatic heterocycles. The lowest BCUT2D eigenvalue weighted by Crippen LogP contribution is -2.44. The van der Waals surface area contributed by atoms with E-state index in [1.165, 1.54) is 12.1 Å². The van der Waals surface area contributed by atoms with Crippen molar-refractivity contribution < 1.29 is 27.1 Å². The van der Waals surface area contributed by atoms with Crippen LogP contribution in [-0.2, 0) is 14.6 Å². The van der Waals surface area contributed by atoms with Gasteiger partial charge in [-0.3, -0.25) is 0 Å². The molecular formula is C23H29FN2O5S. The fourth-order valence-corrected chi connectivity index (χ4v) is 3.91. The van der Waals surface area contributed by atoms with Crippen LogP contribution in [0, 0.1) is 5.82 Å². The first kappa shape index (κ1) is 23.8. The molecule has 1 fully saturated rings. The van der Waals surface area contributed by atoms with Gasteiger partial charge in [0, 0.05) is 37.9 Å². The van der Waals surface area contributed by atoms with Gasteiger partial charge in [0.1, 0.15) is 23.3 Å². The third kappa shape index (κ3) is 6.59. The number of hydrogen-bond acceptors (Lipinski definition) is 6. The minimum Gasteiger partial charge on any atom is -0.490 e. The van der Waals surface area contributed by atoms with Crippen LogP contribution in [0.25, 0.3) is 0 Å². The number of likely N-dealkylation sites (tertiary alicyclic amines) is 1. The molecule has 1 aliphatic rings. The normalized spacial score (nSPS) is 15.3. The zero-order valence-electron chi connectivity index (χ0n) is 18.7. The van der Waals surface area contributed by atoms with Crippen molar-refractivity contribution in [2.24, 2.45) is 0 Å². The smallest absolute Gasteiger partial charge is 0.410 e. The number of hydrogen-bond donors (Lipinski definition) is 1. The molecule has 1 aliphatic heterocycles. The average Bonchev–Trinajstić information content (AvgIpc) is 2.69. The lowest BCUT2D eigenvalue weighted by molar-refractivity contribution is 0.0126. The maximum absolute atomic E-state index is 14.2. The van der Waals surface area contributed by atoms with E-state index in [0.717, 1.165) is 12.3 Å². The Morgan fingerprint density at radius 1 is 1.09 bits per heavy atom. The Balaban J connectivity index is 1.53. The monoisotopic (exact) mass is 464 g/mol. The van der Waals surface area contributed by atoms with Crippen molar-refractivity contribution in [3.8, 4) is 5.75 Å². The second-order valence-corrected chi connectivity index (χ2v) is 10.9. The number of nitrogens with one attached hydrogen (secondary N) is 1. The molecule has 7 nitrogen and oxygen atoms in total. The van der Waals surface area contributed by atoms with Gasteiger partial charge in [-0.15, -0.1) is 0 Å².